The van der Waals surface area contributed by atoms with Crippen molar-refractivity contribution in [2.24, 2.45) is 0 Å². The highest BCUT2D eigenvalue weighted by Gasteiger charge is 2.53. The first-order chi connectivity index (χ1) is 27.7. The van der Waals surface area contributed by atoms with E-state index in [-0.39, 0.29) is 28.4 Å². The maximum absolute atomic E-state index is 2.68. The molecule has 0 radical (unpaired) electrons. The number of nitrogens with zero attached hydrogens (tertiary/aromatic N) is 1. The second-order valence-corrected chi connectivity index (χ2v) is 22.6. The summed E-state index contributed by atoms with van der Waals surface area (Å²) in [6.07, 6.45) is 0. The lowest BCUT2D eigenvalue weighted by atomic mass is 9.29. The number of thiophene rings is 1. The molecule has 0 spiro atoms. The van der Waals surface area contributed by atoms with Crippen molar-refractivity contribution in [1.82, 2.24) is 0 Å². The minimum Gasteiger partial charge on any atom is -0.303 e. The summed E-state index contributed by atoms with van der Waals surface area (Å²) in [4.78, 5) is 2.68. The molecule has 0 saturated heterocycles. The van der Waals surface area contributed by atoms with Crippen LogP contribution in [0.4, 0.5) is 16.4 Å². The lowest BCUT2D eigenvalue weighted by Gasteiger charge is -2.48. The van der Waals surface area contributed by atoms with Gasteiger partial charge in [-0.15, -0.1) is 11.3 Å². The van der Waals surface area contributed by atoms with Gasteiger partial charge in [-0.05, 0) is 119 Å². The van der Waals surface area contributed by atoms with E-state index < -0.39 is 5.41 Å². The smallest absolute Gasteiger partial charge is 0.249 e. The zero-order valence-electron chi connectivity index (χ0n) is 37.6. The van der Waals surface area contributed by atoms with Gasteiger partial charge < -0.3 is 4.90 Å². The van der Waals surface area contributed by atoms with Crippen molar-refractivity contribution in [2.45, 2.75) is 117 Å². The molecular weight excluding hydrogens is 730 g/mol. The number of hydrogen-bond donors (Lipinski definition) is 0. The number of anilines is 3. The number of fused-ring (bicyclic) bond motifs is 6. The highest BCUT2D eigenvalue weighted by atomic mass is 32.1. The van der Waals surface area contributed by atoms with Crippen LogP contribution in [0.2, 0.25) is 0 Å². The van der Waals surface area contributed by atoms with Crippen LogP contribution in [0.25, 0.3) is 10.1 Å². The number of hydrogen-bond acceptors (Lipinski definition) is 2. The standard InChI is InChI=1S/C56H60BNS/c1-35-28-45-50-47(29-35)58(42-31-40(54(8,9)10)30-41(32-42)55(11,12)13)51-49(43-33-38(52(2,3)4)25-27-48(43)59-51)57(50)46-34-39(53(5,6)7)24-26-44(46)56(45,36-20-16-14-17-21-36)37-22-18-15-19-23-37/h14-34H,1-13H3. The summed E-state index contributed by atoms with van der Waals surface area (Å²) in [5.41, 5.74) is 18.3. The first kappa shape index (κ1) is 39.6. The van der Waals surface area contributed by atoms with E-state index in [1.165, 1.54) is 92.9 Å². The third kappa shape index (κ3) is 6.25. The molecule has 1 nitrogen and oxygen atoms in total. The minimum absolute atomic E-state index is 0.0137. The van der Waals surface area contributed by atoms with Crippen LogP contribution in [0.3, 0.4) is 0 Å². The van der Waals surface area contributed by atoms with Crippen molar-refractivity contribution in [2.75, 3.05) is 4.90 Å². The number of rotatable bonds is 3. The Balaban J connectivity index is 1.51. The van der Waals surface area contributed by atoms with E-state index in [4.69, 9.17) is 0 Å². The first-order valence-electron chi connectivity index (χ1n) is 21.6. The quantitative estimate of drug-likeness (QED) is 0.161. The molecule has 298 valence electrons. The average molecular weight is 790 g/mol. The lowest BCUT2D eigenvalue weighted by molar-refractivity contribution is 0.569. The van der Waals surface area contributed by atoms with Gasteiger partial charge in [-0.25, -0.2) is 0 Å². The largest absolute Gasteiger partial charge is 0.303 e. The Kier molecular flexibility index (Phi) is 8.94. The molecule has 0 amide bonds. The van der Waals surface area contributed by atoms with E-state index in [0.29, 0.717) is 0 Å². The molecule has 0 aliphatic carbocycles. The molecule has 0 unspecified atom stereocenters. The van der Waals surface area contributed by atoms with Crippen molar-refractivity contribution in [3.8, 4) is 0 Å². The van der Waals surface area contributed by atoms with Gasteiger partial charge in [-0.1, -0.05) is 192 Å². The summed E-state index contributed by atoms with van der Waals surface area (Å²) in [6, 6.07) is 50.1. The Morgan fingerprint density at radius 1 is 0.492 bits per heavy atom. The van der Waals surface area contributed by atoms with Crippen molar-refractivity contribution in [3.63, 3.8) is 0 Å². The first-order valence-corrected chi connectivity index (χ1v) is 22.4. The van der Waals surface area contributed by atoms with Gasteiger partial charge in [0.25, 0.3) is 0 Å². The molecule has 0 bridgehead atoms. The Hall–Kier alpha value is -4.86. The second kappa shape index (κ2) is 13.3. The van der Waals surface area contributed by atoms with Crippen LogP contribution in [0.5, 0.6) is 0 Å². The molecule has 59 heavy (non-hydrogen) atoms. The van der Waals surface area contributed by atoms with Crippen molar-refractivity contribution >= 4 is 60.9 Å². The van der Waals surface area contributed by atoms with Crippen molar-refractivity contribution < 1.29 is 0 Å². The Bertz CT molecular complexity index is 2690. The van der Waals surface area contributed by atoms with Crippen LogP contribution in [0, 0.1) is 6.92 Å². The average Bonchev–Trinajstić information content (AvgIpc) is 3.55. The van der Waals surface area contributed by atoms with Crippen LogP contribution in [0.1, 0.15) is 133 Å². The molecule has 0 fully saturated rings. The molecule has 3 heterocycles. The van der Waals surface area contributed by atoms with Gasteiger partial charge in [0.2, 0.25) is 6.71 Å². The normalized spacial score (nSPS) is 14.9. The van der Waals surface area contributed by atoms with Crippen LogP contribution < -0.4 is 21.3 Å². The molecular formula is C56H60BNS. The Labute approximate surface area is 358 Å². The summed E-state index contributed by atoms with van der Waals surface area (Å²) in [5.74, 6) is 0. The van der Waals surface area contributed by atoms with E-state index in [2.05, 4.69) is 222 Å². The zero-order chi connectivity index (χ0) is 42.0. The number of aryl methyl sites for hydroxylation is 1. The van der Waals surface area contributed by atoms with Crippen LogP contribution in [-0.2, 0) is 27.1 Å². The van der Waals surface area contributed by atoms with Gasteiger partial charge in [0.1, 0.15) is 0 Å². The van der Waals surface area contributed by atoms with Gasteiger partial charge in [0, 0.05) is 16.1 Å². The topological polar surface area (TPSA) is 3.24 Å². The molecule has 7 aromatic rings. The highest BCUT2D eigenvalue weighted by molar-refractivity contribution is 7.26. The monoisotopic (exact) mass is 789 g/mol. The van der Waals surface area contributed by atoms with Gasteiger partial charge in [0.15, 0.2) is 0 Å². The third-order valence-corrected chi connectivity index (χ3v) is 14.4. The van der Waals surface area contributed by atoms with Crippen LogP contribution in [-0.4, -0.2) is 6.71 Å². The summed E-state index contributed by atoms with van der Waals surface area (Å²) in [6.45, 7) is 30.6. The van der Waals surface area contributed by atoms with E-state index in [9.17, 15) is 0 Å². The predicted octanol–water partition coefficient (Wildman–Crippen LogP) is 13.4. The van der Waals surface area contributed by atoms with E-state index in [1.54, 1.807) is 0 Å². The summed E-state index contributed by atoms with van der Waals surface area (Å²) in [5, 5.41) is 2.72. The van der Waals surface area contributed by atoms with E-state index in [0.717, 1.165) is 0 Å². The lowest BCUT2D eigenvalue weighted by Crippen LogP contribution is -2.65. The molecule has 0 atom stereocenters. The fourth-order valence-corrected chi connectivity index (χ4v) is 11.2. The maximum Gasteiger partial charge on any atom is 0.249 e. The molecule has 3 heteroatoms. The highest BCUT2D eigenvalue weighted by Crippen LogP contribution is 2.52. The summed E-state index contributed by atoms with van der Waals surface area (Å²) >= 11 is 1.97. The fraction of sp³-hybridized carbons (Fsp3) is 0.321. The van der Waals surface area contributed by atoms with Crippen molar-refractivity contribution in [3.05, 3.63) is 177 Å². The van der Waals surface area contributed by atoms with E-state index in [1.807, 2.05) is 11.3 Å². The third-order valence-electron chi connectivity index (χ3n) is 13.3. The summed E-state index contributed by atoms with van der Waals surface area (Å²) < 4.78 is 1.35. The van der Waals surface area contributed by atoms with E-state index >= 15 is 0 Å². The molecule has 2 aliphatic rings. The maximum atomic E-state index is 2.68. The van der Waals surface area contributed by atoms with Gasteiger partial charge in [-0.2, -0.15) is 0 Å². The van der Waals surface area contributed by atoms with Crippen LogP contribution in [0.15, 0.2) is 127 Å². The number of benzene rings is 6. The van der Waals surface area contributed by atoms with Gasteiger partial charge in [0.05, 0.1) is 10.4 Å². The van der Waals surface area contributed by atoms with Gasteiger partial charge in [-0.3, -0.25) is 0 Å². The molecule has 6 aromatic carbocycles. The summed E-state index contributed by atoms with van der Waals surface area (Å²) in [7, 11) is 0. The molecule has 1 aromatic heterocycles. The van der Waals surface area contributed by atoms with Gasteiger partial charge >= 0.3 is 0 Å². The minimum atomic E-state index is -0.545. The SMILES string of the molecule is Cc1cc2c3c(c1)C(c1ccccc1)(c1ccccc1)c1ccc(C(C)(C)C)cc1B3c1c(sc3ccc(C(C)(C)C)cc13)N2c1cc(C(C)(C)C)cc(C(C)(C)C)c1. The zero-order valence-corrected chi connectivity index (χ0v) is 38.4. The predicted molar refractivity (Wildman–Crippen MR) is 259 cm³/mol. The van der Waals surface area contributed by atoms with Crippen LogP contribution >= 0.6 is 11.3 Å². The Morgan fingerprint density at radius 3 is 1.56 bits per heavy atom. The fourth-order valence-electron chi connectivity index (χ4n) is 9.94. The molecule has 0 saturated carbocycles. The molecule has 0 N–H and O–H groups in total. The second-order valence-electron chi connectivity index (χ2n) is 21.6. The molecule has 2 aliphatic heterocycles. The Morgan fingerprint density at radius 2 is 1.02 bits per heavy atom. The molecule has 9 rings (SSSR count). The van der Waals surface area contributed by atoms with Crippen molar-refractivity contribution in [1.29, 1.82) is 0 Å².